The van der Waals surface area contributed by atoms with Gasteiger partial charge >= 0.3 is 0 Å². The molecule has 8 nitrogen and oxygen atoms in total. The summed E-state index contributed by atoms with van der Waals surface area (Å²) in [5.74, 6) is 0.905. The Hall–Kier alpha value is -3.26. The highest BCUT2D eigenvalue weighted by molar-refractivity contribution is 5.97. The Bertz CT molecular complexity index is 1100. The molecule has 5 rings (SSSR count). The third kappa shape index (κ3) is 3.25. The lowest BCUT2D eigenvalue weighted by molar-refractivity contribution is 0.370. The van der Waals surface area contributed by atoms with Crippen LogP contribution in [0.2, 0.25) is 0 Å². The van der Waals surface area contributed by atoms with Crippen LogP contribution in [-0.4, -0.2) is 55.9 Å². The fourth-order valence-electron chi connectivity index (χ4n) is 4.15. The second-order valence-electron chi connectivity index (χ2n) is 7.66. The molecule has 2 atom stereocenters. The zero-order valence-corrected chi connectivity index (χ0v) is 16.6. The minimum atomic E-state index is 0.485. The number of hydrogen-bond donors (Lipinski definition) is 2. The van der Waals surface area contributed by atoms with E-state index >= 15 is 0 Å². The molecule has 8 heteroatoms. The van der Waals surface area contributed by atoms with Crippen molar-refractivity contribution >= 4 is 16.7 Å². The molecule has 1 fully saturated rings. The van der Waals surface area contributed by atoms with Crippen molar-refractivity contribution in [1.82, 2.24) is 35.5 Å². The summed E-state index contributed by atoms with van der Waals surface area (Å²) in [6, 6.07) is 11.1. The molecular weight excluding hydrogens is 364 g/mol. The lowest BCUT2D eigenvalue weighted by Crippen LogP contribution is -2.45. The average molecular weight is 388 g/mol. The zero-order valence-electron chi connectivity index (χ0n) is 16.6. The first-order valence-corrected chi connectivity index (χ1v) is 9.97. The smallest absolute Gasteiger partial charge is 0.151 e. The molecule has 3 aromatic heterocycles. The Morgan fingerprint density at radius 2 is 2.10 bits per heavy atom. The molecule has 1 aliphatic heterocycles. The summed E-state index contributed by atoms with van der Waals surface area (Å²) < 4.78 is 1.84. The second kappa shape index (κ2) is 7.29. The van der Waals surface area contributed by atoms with Gasteiger partial charge in [0.05, 0.1) is 23.1 Å². The van der Waals surface area contributed by atoms with Crippen molar-refractivity contribution in [2.75, 3.05) is 18.5 Å². The molecule has 1 aliphatic rings. The number of aromatic nitrogens is 6. The van der Waals surface area contributed by atoms with E-state index in [2.05, 4.69) is 55.7 Å². The van der Waals surface area contributed by atoms with Crippen LogP contribution < -0.4 is 10.2 Å². The van der Waals surface area contributed by atoms with Crippen LogP contribution in [-0.2, 0) is 0 Å². The third-order valence-corrected chi connectivity index (χ3v) is 5.78. The number of nitrogens with zero attached hydrogens (tertiary/aromatic N) is 6. The van der Waals surface area contributed by atoms with Gasteiger partial charge in [-0.05, 0) is 56.6 Å². The summed E-state index contributed by atoms with van der Waals surface area (Å²) in [5, 5.41) is 25.2. The molecule has 0 radical (unpaired) electrons. The SMILES string of the molecule is C[C@@H]1C[C@H](N(C)c2ccc(-c3ccc(-n4cccn4)c4cn[nH]c34)nn2)CCN1. The van der Waals surface area contributed by atoms with Gasteiger partial charge < -0.3 is 10.2 Å². The van der Waals surface area contributed by atoms with E-state index in [-0.39, 0.29) is 0 Å². The quantitative estimate of drug-likeness (QED) is 0.559. The molecule has 4 heterocycles. The summed E-state index contributed by atoms with van der Waals surface area (Å²) in [7, 11) is 2.11. The fourth-order valence-corrected chi connectivity index (χ4v) is 4.15. The van der Waals surface area contributed by atoms with Gasteiger partial charge in [0.1, 0.15) is 0 Å². The maximum Gasteiger partial charge on any atom is 0.151 e. The lowest BCUT2D eigenvalue weighted by Gasteiger charge is -2.35. The van der Waals surface area contributed by atoms with Crippen LogP contribution in [0.4, 0.5) is 5.82 Å². The van der Waals surface area contributed by atoms with E-state index in [9.17, 15) is 0 Å². The van der Waals surface area contributed by atoms with E-state index in [1.807, 2.05) is 41.3 Å². The number of nitrogens with one attached hydrogen (secondary N) is 2. The Balaban J connectivity index is 1.45. The maximum absolute atomic E-state index is 4.53. The van der Waals surface area contributed by atoms with Crippen LogP contribution in [0.25, 0.3) is 27.8 Å². The van der Waals surface area contributed by atoms with Crippen LogP contribution in [0.1, 0.15) is 19.8 Å². The van der Waals surface area contributed by atoms with Gasteiger partial charge in [-0.1, -0.05) is 0 Å². The number of anilines is 1. The maximum atomic E-state index is 4.53. The number of fused-ring (bicyclic) bond motifs is 1. The third-order valence-electron chi connectivity index (χ3n) is 5.78. The van der Waals surface area contributed by atoms with Gasteiger partial charge in [-0.3, -0.25) is 5.10 Å². The molecular formula is C21H24N8. The molecule has 0 spiro atoms. The Kier molecular flexibility index (Phi) is 4.48. The topological polar surface area (TPSA) is 87.6 Å². The highest BCUT2D eigenvalue weighted by atomic mass is 15.3. The van der Waals surface area contributed by atoms with Crippen molar-refractivity contribution < 1.29 is 0 Å². The van der Waals surface area contributed by atoms with Crippen molar-refractivity contribution in [3.05, 3.63) is 48.9 Å². The predicted molar refractivity (Wildman–Crippen MR) is 113 cm³/mol. The van der Waals surface area contributed by atoms with Crippen LogP contribution in [0, 0.1) is 0 Å². The summed E-state index contributed by atoms with van der Waals surface area (Å²) >= 11 is 0. The predicted octanol–water partition coefficient (Wildman–Crippen LogP) is 2.78. The number of aromatic amines is 1. The molecule has 29 heavy (non-hydrogen) atoms. The first-order chi connectivity index (χ1) is 14.2. The number of rotatable bonds is 4. The Morgan fingerprint density at radius 1 is 1.17 bits per heavy atom. The minimum absolute atomic E-state index is 0.485. The summed E-state index contributed by atoms with van der Waals surface area (Å²) in [4.78, 5) is 2.25. The van der Waals surface area contributed by atoms with Crippen molar-refractivity contribution in [1.29, 1.82) is 0 Å². The minimum Gasteiger partial charge on any atom is -0.355 e. The standard InChI is InChI=1S/C21H24N8/c1-14-12-15(8-10-22-14)28(2)20-7-5-18(25-26-20)16-4-6-19(29-11-3-9-24-29)17-13-23-27-21(16)17/h3-7,9,11,13-15,22H,8,10,12H2,1-2H3,(H,23,27)/t14-,15-/m1/s1. The normalized spacial score (nSPS) is 19.5. The van der Waals surface area contributed by atoms with Crippen molar-refractivity contribution in [2.24, 2.45) is 0 Å². The first-order valence-electron chi connectivity index (χ1n) is 9.97. The van der Waals surface area contributed by atoms with E-state index < -0.39 is 0 Å². The Morgan fingerprint density at radius 3 is 2.86 bits per heavy atom. The molecule has 0 unspecified atom stereocenters. The molecule has 1 saturated heterocycles. The molecule has 0 amide bonds. The van der Waals surface area contributed by atoms with Gasteiger partial charge in [0.25, 0.3) is 0 Å². The monoisotopic (exact) mass is 388 g/mol. The second-order valence-corrected chi connectivity index (χ2v) is 7.66. The van der Waals surface area contributed by atoms with Gasteiger partial charge in [-0.15, -0.1) is 10.2 Å². The molecule has 148 valence electrons. The largest absolute Gasteiger partial charge is 0.355 e. The van der Waals surface area contributed by atoms with Gasteiger partial charge in [-0.2, -0.15) is 10.2 Å². The summed E-state index contributed by atoms with van der Waals surface area (Å²) in [6.45, 7) is 3.28. The van der Waals surface area contributed by atoms with E-state index in [4.69, 9.17) is 0 Å². The average Bonchev–Trinajstić information content (AvgIpc) is 3.45. The number of hydrogen-bond acceptors (Lipinski definition) is 6. The number of benzene rings is 1. The molecule has 1 aromatic carbocycles. The van der Waals surface area contributed by atoms with Crippen molar-refractivity contribution in [3.63, 3.8) is 0 Å². The van der Waals surface area contributed by atoms with Crippen molar-refractivity contribution in [3.8, 4) is 16.9 Å². The number of H-pyrrole nitrogens is 1. The highest BCUT2D eigenvalue weighted by Gasteiger charge is 2.23. The fraction of sp³-hybridized carbons (Fsp3) is 0.333. The molecule has 0 bridgehead atoms. The lowest BCUT2D eigenvalue weighted by atomic mass is 9.99. The van der Waals surface area contributed by atoms with Gasteiger partial charge in [0, 0.05) is 42.5 Å². The molecule has 2 N–H and O–H groups in total. The highest BCUT2D eigenvalue weighted by Crippen LogP contribution is 2.30. The van der Waals surface area contributed by atoms with Crippen LogP contribution >= 0.6 is 0 Å². The summed E-state index contributed by atoms with van der Waals surface area (Å²) in [5.41, 5.74) is 3.71. The van der Waals surface area contributed by atoms with Crippen LogP contribution in [0.15, 0.2) is 48.9 Å². The van der Waals surface area contributed by atoms with Crippen LogP contribution in [0.5, 0.6) is 0 Å². The van der Waals surface area contributed by atoms with Gasteiger partial charge in [-0.25, -0.2) is 4.68 Å². The van der Waals surface area contributed by atoms with E-state index in [0.717, 1.165) is 53.1 Å². The van der Waals surface area contributed by atoms with E-state index in [1.54, 1.807) is 6.20 Å². The Labute approximate surface area is 168 Å². The molecule has 0 saturated carbocycles. The zero-order chi connectivity index (χ0) is 19.8. The van der Waals surface area contributed by atoms with Gasteiger partial charge in [0.2, 0.25) is 0 Å². The van der Waals surface area contributed by atoms with Crippen molar-refractivity contribution in [2.45, 2.75) is 31.8 Å². The van der Waals surface area contributed by atoms with E-state index in [1.165, 1.54) is 0 Å². The molecule has 0 aliphatic carbocycles. The van der Waals surface area contributed by atoms with Crippen LogP contribution in [0.3, 0.4) is 0 Å². The number of piperidine rings is 1. The first kappa shape index (κ1) is 17.8. The van der Waals surface area contributed by atoms with Gasteiger partial charge in [0.15, 0.2) is 5.82 Å². The summed E-state index contributed by atoms with van der Waals surface area (Å²) in [6.07, 6.45) is 7.75. The van der Waals surface area contributed by atoms with E-state index in [0.29, 0.717) is 12.1 Å². The molecule has 4 aromatic rings.